The van der Waals surface area contributed by atoms with Crippen LogP contribution in [0.5, 0.6) is 0 Å². The van der Waals surface area contributed by atoms with E-state index < -0.39 is 0 Å². The predicted molar refractivity (Wildman–Crippen MR) is 52.6 cm³/mol. The highest BCUT2D eigenvalue weighted by Gasteiger charge is 2.24. The van der Waals surface area contributed by atoms with Crippen molar-refractivity contribution in [3.05, 3.63) is 34.9 Å². The second kappa shape index (κ2) is 2.82. The molecule has 0 amide bonds. The van der Waals surface area contributed by atoms with E-state index in [0.717, 1.165) is 19.6 Å². The van der Waals surface area contributed by atoms with Crippen LogP contribution in [0.2, 0.25) is 0 Å². The summed E-state index contributed by atoms with van der Waals surface area (Å²) in [5.74, 6) is 0. The summed E-state index contributed by atoms with van der Waals surface area (Å²) >= 11 is 0. The number of hydrogen-bond acceptors (Lipinski definition) is 2. The Morgan fingerprint density at radius 1 is 1.23 bits per heavy atom. The second-order valence-electron chi connectivity index (χ2n) is 3.88. The molecule has 0 spiro atoms. The Labute approximate surface area is 78.3 Å². The molecule has 1 atom stereocenters. The van der Waals surface area contributed by atoms with Gasteiger partial charge < -0.3 is 10.6 Å². The van der Waals surface area contributed by atoms with Crippen LogP contribution in [0.4, 0.5) is 0 Å². The van der Waals surface area contributed by atoms with Crippen LogP contribution in [0, 0.1) is 0 Å². The molecule has 0 aliphatic carbocycles. The van der Waals surface area contributed by atoms with Gasteiger partial charge in [-0.05, 0) is 29.7 Å². The summed E-state index contributed by atoms with van der Waals surface area (Å²) in [5.41, 5.74) is 4.62. The molecule has 0 aromatic heterocycles. The van der Waals surface area contributed by atoms with Gasteiger partial charge in [0.1, 0.15) is 0 Å². The summed E-state index contributed by atoms with van der Waals surface area (Å²) in [4.78, 5) is 0. The highest BCUT2D eigenvalue weighted by Crippen LogP contribution is 2.28. The molecule has 0 saturated carbocycles. The molecule has 0 saturated heterocycles. The second-order valence-corrected chi connectivity index (χ2v) is 3.88. The standard InChI is InChI=1S/C11H14N2/c1-2-8-4-5-13-10-7-12-6-9(3-1)11(8)10/h1-3,10,12-13H,4-7H2. The lowest BCUT2D eigenvalue weighted by molar-refractivity contribution is 0.439. The van der Waals surface area contributed by atoms with E-state index in [1.165, 1.54) is 12.0 Å². The van der Waals surface area contributed by atoms with E-state index in [-0.39, 0.29) is 0 Å². The van der Waals surface area contributed by atoms with E-state index >= 15 is 0 Å². The maximum absolute atomic E-state index is 3.55. The summed E-state index contributed by atoms with van der Waals surface area (Å²) in [7, 11) is 0. The van der Waals surface area contributed by atoms with Crippen LogP contribution in [-0.4, -0.2) is 13.1 Å². The van der Waals surface area contributed by atoms with E-state index in [0.29, 0.717) is 6.04 Å². The zero-order valence-corrected chi connectivity index (χ0v) is 7.64. The molecule has 0 fully saturated rings. The predicted octanol–water partition coefficient (Wildman–Crippen LogP) is 0.977. The van der Waals surface area contributed by atoms with Gasteiger partial charge in [0.05, 0.1) is 0 Å². The van der Waals surface area contributed by atoms with Gasteiger partial charge in [0, 0.05) is 19.1 Å². The Morgan fingerprint density at radius 3 is 3.15 bits per heavy atom. The van der Waals surface area contributed by atoms with Crippen molar-refractivity contribution in [2.75, 3.05) is 13.1 Å². The fraction of sp³-hybridized carbons (Fsp3) is 0.455. The lowest BCUT2D eigenvalue weighted by Gasteiger charge is -2.33. The zero-order valence-electron chi connectivity index (χ0n) is 7.64. The first-order chi connectivity index (χ1) is 6.45. The minimum Gasteiger partial charge on any atom is -0.311 e. The molecule has 1 aromatic carbocycles. The molecule has 0 radical (unpaired) electrons. The van der Waals surface area contributed by atoms with Crippen molar-refractivity contribution in [3.63, 3.8) is 0 Å². The van der Waals surface area contributed by atoms with Gasteiger partial charge in [-0.1, -0.05) is 18.2 Å². The molecule has 2 aliphatic heterocycles. The van der Waals surface area contributed by atoms with Crippen LogP contribution in [0.25, 0.3) is 0 Å². The lowest BCUT2D eigenvalue weighted by atomic mass is 9.88. The van der Waals surface area contributed by atoms with E-state index in [1.54, 1.807) is 11.1 Å². The Morgan fingerprint density at radius 2 is 2.15 bits per heavy atom. The molecule has 68 valence electrons. The van der Waals surface area contributed by atoms with E-state index in [9.17, 15) is 0 Å². The first-order valence-corrected chi connectivity index (χ1v) is 5.00. The fourth-order valence-electron chi connectivity index (χ4n) is 2.49. The molecule has 2 aliphatic rings. The van der Waals surface area contributed by atoms with Crippen molar-refractivity contribution in [3.8, 4) is 0 Å². The Balaban J connectivity index is 2.18. The Hall–Kier alpha value is -0.860. The number of nitrogens with one attached hydrogen (secondary N) is 2. The van der Waals surface area contributed by atoms with Gasteiger partial charge in [-0.2, -0.15) is 0 Å². The van der Waals surface area contributed by atoms with Crippen LogP contribution in [0.15, 0.2) is 18.2 Å². The molecular formula is C11H14N2. The van der Waals surface area contributed by atoms with Crippen LogP contribution < -0.4 is 10.6 Å². The Kier molecular flexibility index (Phi) is 1.64. The van der Waals surface area contributed by atoms with Crippen LogP contribution in [-0.2, 0) is 13.0 Å². The molecule has 2 heteroatoms. The quantitative estimate of drug-likeness (QED) is 0.612. The van der Waals surface area contributed by atoms with E-state index in [4.69, 9.17) is 0 Å². The maximum atomic E-state index is 3.55. The summed E-state index contributed by atoms with van der Waals surface area (Å²) in [6.07, 6.45) is 1.19. The van der Waals surface area contributed by atoms with E-state index in [2.05, 4.69) is 28.8 Å². The molecule has 1 aromatic rings. The smallest absolute Gasteiger partial charge is 0.0452 e. The van der Waals surface area contributed by atoms with Gasteiger partial charge in [-0.3, -0.25) is 0 Å². The van der Waals surface area contributed by atoms with Crippen molar-refractivity contribution in [1.82, 2.24) is 10.6 Å². The molecular weight excluding hydrogens is 160 g/mol. The monoisotopic (exact) mass is 174 g/mol. The summed E-state index contributed by atoms with van der Waals surface area (Å²) < 4.78 is 0. The summed E-state index contributed by atoms with van der Waals surface area (Å²) in [6, 6.07) is 7.26. The topological polar surface area (TPSA) is 24.1 Å². The fourth-order valence-corrected chi connectivity index (χ4v) is 2.49. The van der Waals surface area contributed by atoms with Crippen LogP contribution in [0.1, 0.15) is 22.7 Å². The SMILES string of the molecule is c1cc2c3c(c1)CNCC3NCC2. The average Bonchev–Trinajstić information content (AvgIpc) is 2.19. The normalized spacial score (nSPS) is 25.4. The molecule has 3 rings (SSSR count). The molecule has 1 unspecified atom stereocenters. The first-order valence-electron chi connectivity index (χ1n) is 5.00. The van der Waals surface area contributed by atoms with Gasteiger partial charge in [-0.25, -0.2) is 0 Å². The van der Waals surface area contributed by atoms with E-state index in [1.807, 2.05) is 0 Å². The van der Waals surface area contributed by atoms with Gasteiger partial charge in [0.25, 0.3) is 0 Å². The summed E-state index contributed by atoms with van der Waals surface area (Å²) in [6.45, 7) is 3.26. The maximum Gasteiger partial charge on any atom is 0.0452 e. The summed E-state index contributed by atoms with van der Waals surface area (Å²) in [5, 5.41) is 7.00. The van der Waals surface area contributed by atoms with Gasteiger partial charge in [0.2, 0.25) is 0 Å². The van der Waals surface area contributed by atoms with Gasteiger partial charge in [0.15, 0.2) is 0 Å². The third kappa shape index (κ3) is 1.10. The molecule has 2 N–H and O–H groups in total. The number of hydrogen-bond donors (Lipinski definition) is 2. The Bertz CT molecular complexity index is 305. The first kappa shape index (κ1) is 7.54. The highest BCUT2D eigenvalue weighted by molar-refractivity contribution is 5.41. The van der Waals surface area contributed by atoms with Crippen molar-refractivity contribution in [2.24, 2.45) is 0 Å². The van der Waals surface area contributed by atoms with Gasteiger partial charge >= 0.3 is 0 Å². The van der Waals surface area contributed by atoms with Crippen molar-refractivity contribution in [2.45, 2.75) is 19.0 Å². The number of rotatable bonds is 0. The number of benzene rings is 1. The molecule has 2 heterocycles. The van der Waals surface area contributed by atoms with Crippen molar-refractivity contribution in [1.29, 1.82) is 0 Å². The van der Waals surface area contributed by atoms with Crippen molar-refractivity contribution >= 4 is 0 Å². The van der Waals surface area contributed by atoms with Crippen LogP contribution in [0.3, 0.4) is 0 Å². The molecule has 0 bridgehead atoms. The van der Waals surface area contributed by atoms with Crippen LogP contribution >= 0.6 is 0 Å². The minimum absolute atomic E-state index is 0.564. The average molecular weight is 174 g/mol. The largest absolute Gasteiger partial charge is 0.311 e. The third-order valence-electron chi connectivity index (χ3n) is 3.08. The molecule has 13 heavy (non-hydrogen) atoms. The molecule has 2 nitrogen and oxygen atoms in total. The highest BCUT2D eigenvalue weighted by atomic mass is 15.0. The zero-order chi connectivity index (χ0) is 8.67. The van der Waals surface area contributed by atoms with Gasteiger partial charge in [-0.15, -0.1) is 0 Å². The minimum atomic E-state index is 0.564. The lowest BCUT2D eigenvalue weighted by Crippen LogP contribution is -2.41. The van der Waals surface area contributed by atoms with Crippen molar-refractivity contribution < 1.29 is 0 Å². The third-order valence-corrected chi connectivity index (χ3v) is 3.08.